The van der Waals surface area contributed by atoms with Crippen molar-refractivity contribution in [2.24, 2.45) is 5.84 Å². The fourth-order valence-corrected chi connectivity index (χ4v) is 1.33. The summed E-state index contributed by atoms with van der Waals surface area (Å²) in [7, 11) is 1.63. The number of hydrogen-bond acceptors (Lipinski definition) is 8. The molecule has 0 unspecified atom stereocenters. The van der Waals surface area contributed by atoms with Gasteiger partial charge >= 0.3 is 0 Å². The quantitative estimate of drug-likeness (QED) is 0.346. The summed E-state index contributed by atoms with van der Waals surface area (Å²) in [6, 6.07) is 0. The highest BCUT2D eigenvalue weighted by molar-refractivity contribution is 6.31. The topological polar surface area (TPSA) is 101 Å². The second kappa shape index (κ2) is 10.6. The van der Waals surface area contributed by atoms with Crippen LogP contribution in [-0.2, 0) is 14.2 Å². The lowest BCUT2D eigenvalue weighted by atomic mass is 10.6. The first-order valence-corrected chi connectivity index (χ1v) is 6.42. The summed E-state index contributed by atoms with van der Waals surface area (Å²) < 4.78 is 20.7. The molecule has 0 amide bonds. The fraction of sp³-hybridized carbons (Fsp3) is 0.636. The number of halogens is 1. The number of methoxy groups -OCH3 is 1. The van der Waals surface area contributed by atoms with Crippen LogP contribution in [0.25, 0.3) is 0 Å². The van der Waals surface area contributed by atoms with Gasteiger partial charge in [-0.05, 0) is 0 Å². The number of anilines is 1. The summed E-state index contributed by atoms with van der Waals surface area (Å²) >= 11 is 5.87. The third-order valence-electron chi connectivity index (χ3n) is 2.11. The van der Waals surface area contributed by atoms with Gasteiger partial charge in [-0.15, -0.1) is 0 Å². The van der Waals surface area contributed by atoms with Crippen molar-refractivity contribution in [3.63, 3.8) is 0 Å². The highest BCUT2D eigenvalue weighted by Gasteiger charge is 2.05. The van der Waals surface area contributed by atoms with Crippen molar-refractivity contribution in [3.8, 4) is 5.88 Å². The maximum Gasteiger partial charge on any atom is 0.240 e. The first-order chi connectivity index (χ1) is 9.77. The molecule has 0 bridgehead atoms. The third-order valence-corrected chi connectivity index (χ3v) is 2.37. The molecule has 1 rings (SSSR count). The van der Waals surface area contributed by atoms with E-state index in [1.807, 2.05) is 0 Å². The predicted molar refractivity (Wildman–Crippen MR) is 73.9 cm³/mol. The molecule has 20 heavy (non-hydrogen) atoms. The lowest BCUT2D eigenvalue weighted by Gasteiger charge is -2.08. The zero-order valence-corrected chi connectivity index (χ0v) is 12.1. The first kappa shape index (κ1) is 16.9. The van der Waals surface area contributed by atoms with E-state index in [1.54, 1.807) is 7.11 Å². The van der Waals surface area contributed by atoms with Crippen LogP contribution in [0.15, 0.2) is 6.20 Å². The van der Waals surface area contributed by atoms with Crippen molar-refractivity contribution in [1.29, 1.82) is 0 Å². The zero-order valence-electron chi connectivity index (χ0n) is 11.3. The molecule has 0 saturated carbocycles. The van der Waals surface area contributed by atoms with Gasteiger partial charge in [0.15, 0.2) is 0 Å². The molecule has 3 N–H and O–H groups in total. The molecule has 9 heteroatoms. The van der Waals surface area contributed by atoms with Gasteiger partial charge in [0.2, 0.25) is 11.8 Å². The van der Waals surface area contributed by atoms with E-state index in [9.17, 15) is 0 Å². The summed E-state index contributed by atoms with van der Waals surface area (Å²) in [5.74, 6) is 5.68. The van der Waals surface area contributed by atoms with Crippen LogP contribution in [0.3, 0.4) is 0 Å². The van der Waals surface area contributed by atoms with Crippen molar-refractivity contribution in [2.75, 3.05) is 52.2 Å². The van der Waals surface area contributed by atoms with Crippen LogP contribution in [0, 0.1) is 0 Å². The average molecular weight is 307 g/mol. The summed E-state index contributed by atoms with van der Waals surface area (Å²) in [6.07, 6.45) is 1.41. The van der Waals surface area contributed by atoms with Gasteiger partial charge in [-0.3, -0.25) is 5.43 Å². The van der Waals surface area contributed by atoms with E-state index in [0.29, 0.717) is 44.7 Å². The van der Waals surface area contributed by atoms with Crippen LogP contribution in [0.5, 0.6) is 5.88 Å². The van der Waals surface area contributed by atoms with Crippen molar-refractivity contribution in [1.82, 2.24) is 9.97 Å². The van der Waals surface area contributed by atoms with Gasteiger partial charge in [-0.25, -0.2) is 10.8 Å². The van der Waals surface area contributed by atoms with Gasteiger partial charge in [0.25, 0.3) is 0 Å². The molecule has 0 radical (unpaired) electrons. The summed E-state index contributed by atoms with van der Waals surface area (Å²) in [6.45, 7) is 2.85. The predicted octanol–water partition coefficient (Wildman–Crippen LogP) is 0.474. The van der Waals surface area contributed by atoms with Gasteiger partial charge in [0, 0.05) is 7.11 Å². The molecule has 0 atom stereocenters. The van der Waals surface area contributed by atoms with E-state index in [2.05, 4.69) is 15.4 Å². The minimum Gasteiger partial charge on any atom is -0.474 e. The Morgan fingerprint density at radius 2 is 1.80 bits per heavy atom. The molecule has 114 valence electrons. The van der Waals surface area contributed by atoms with E-state index in [0.717, 1.165) is 0 Å². The number of hydrazine groups is 1. The molecule has 0 spiro atoms. The van der Waals surface area contributed by atoms with Gasteiger partial charge < -0.3 is 18.9 Å². The fourth-order valence-electron chi connectivity index (χ4n) is 1.18. The Labute approximate surface area is 122 Å². The Morgan fingerprint density at radius 1 is 1.15 bits per heavy atom. The van der Waals surface area contributed by atoms with E-state index in [1.165, 1.54) is 6.20 Å². The SMILES string of the molecule is COCCOCCOCCOc1nc(NN)ncc1Cl. The number of nitrogens with zero attached hydrogens (tertiary/aromatic N) is 2. The van der Waals surface area contributed by atoms with E-state index in [4.69, 9.17) is 36.4 Å². The minimum absolute atomic E-state index is 0.233. The number of nitrogen functional groups attached to an aromatic ring is 1. The van der Waals surface area contributed by atoms with Gasteiger partial charge in [-0.2, -0.15) is 4.98 Å². The van der Waals surface area contributed by atoms with E-state index < -0.39 is 0 Å². The molecular formula is C11H19ClN4O4. The number of hydrogen-bond donors (Lipinski definition) is 2. The van der Waals surface area contributed by atoms with Crippen LogP contribution in [0.4, 0.5) is 5.95 Å². The average Bonchev–Trinajstić information content (AvgIpc) is 2.47. The normalized spacial score (nSPS) is 10.6. The summed E-state index contributed by atoms with van der Waals surface area (Å²) in [5, 5.41) is 0.312. The maximum absolute atomic E-state index is 5.87. The monoisotopic (exact) mass is 306 g/mol. The second-order valence-electron chi connectivity index (χ2n) is 3.56. The van der Waals surface area contributed by atoms with Gasteiger partial charge in [0.1, 0.15) is 11.6 Å². The number of aromatic nitrogens is 2. The number of rotatable bonds is 11. The maximum atomic E-state index is 5.87. The summed E-state index contributed by atoms with van der Waals surface area (Å²) in [4.78, 5) is 7.80. The Kier molecular flexibility index (Phi) is 8.92. The van der Waals surface area contributed by atoms with Gasteiger partial charge in [-0.1, -0.05) is 11.6 Å². The van der Waals surface area contributed by atoms with Crippen LogP contribution in [0.1, 0.15) is 0 Å². The Balaban J connectivity index is 2.09. The highest BCUT2D eigenvalue weighted by atomic mass is 35.5. The lowest BCUT2D eigenvalue weighted by molar-refractivity contribution is 0.0176. The highest BCUT2D eigenvalue weighted by Crippen LogP contribution is 2.21. The Bertz CT molecular complexity index is 383. The Hall–Kier alpha value is -1.19. The summed E-state index contributed by atoms with van der Waals surface area (Å²) in [5.41, 5.74) is 2.31. The number of nitrogens with two attached hydrogens (primary N) is 1. The standard InChI is InChI=1S/C11H19ClN4O4/c1-17-2-3-18-4-5-19-6-7-20-10-9(12)8-14-11(15-10)16-13/h8H,2-7,13H2,1H3,(H,14,15,16). The molecule has 0 fully saturated rings. The van der Waals surface area contributed by atoms with Crippen LogP contribution in [-0.4, -0.2) is 56.7 Å². The minimum atomic E-state index is 0.233. The number of ether oxygens (including phenoxy) is 4. The third kappa shape index (κ3) is 6.83. The lowest BCUT2D eigenvalue weighted by Crippen LogP contribution is -2.14. The molecule has 0 saturated heterocycles. The molecule has 1 aromatic heterocycles. The molecule has 0 aliphatic carbocycles. The van der Waals surface area contributed by atoms with Gasteiger partial charge in [0.05, 0.1) is 39.2 Å². The van der Waals surface area contributed by atoms with E-state index in [-0.39, 0.29) is 11.8 Å². The molecule has 8 nitrogen and oxygen atoms in total. The molecule has 1 aromatic rings. The smallest absolute Gasteiger partial charge is 0.240 e. The van der Waals surface area contributed by atoms with Crippen LogP contribution >= 0.6 is 11.6 Å². The largest absolute Gasteiger partial charge is 0.474 e. The van der Waals surface area contributed by atoms with Crippen molar-refractivity contribution >= 4 is 17.5 Å². The van der Waals surface area contributed by atoms with Crippen molar-refractivity contribution in [2.45, 2.75) is 0 Å². The van der Waals surface area contributed by atoms with Crippen molar-refractivity contribution < 1.29 is 18.9 Å². The van der Waals surface area contributed by atoms with Crippen LogP contribution < -0.4 is 16.0 Å². The molecular weight excluding hydrogens is 288 g/mol. The van der Waals surface area contributed by atoms with Crippen molar-refractivity contribution in [3.05, 3.63) is 11.2 Å². The Morgan fingerprint density at radius 3 is 2.45 bits per heavy atom. The molecule has 0 aliphatic rings. The molecule has 1 heterocycles. The second-order valence-corrected chi connectivity index (χ2v) is 3.96. The molecule has 0 aromatic carbocycles. The molecule has 0 aliphatic heterocycles. The number of nitrogens with one attached hydrogen (secondary N) is 1. The van der Waals surface area contributed by atoms with Crippen LogP contribution in [0.2, 0.25) is 5.02 Å². The zero-order chi connectivity index (χ0) is 14.6. The van der Waals surface area contributed by atoms with E-state index >= 15 is 0 Å². The first-order valence-electron chi connectivity index (χ1n) is 6.04.